The fourth-order valence-electron chi connectivity index (χ4n) is 1.42. The SMILES string of the molecule is COC(C)CCC(=O)Cc1ccccc1Br. The van der Waals surface area contributed by atoms with Gasteiger partial charge >= 0.3 is 0 Å². The molecule has 0 bridgehead atoms. The lowest BCUT2D eigenvalue weighted by Crippen LogP contribution is -2.10. The average Bonchev–Trinajstić information content (AvgIpc) is 2.29. The van der Waals surface area contributed by atoms with Gasteiger partial charge in [0.05, 0.1) is 6.10 Å². The van der Waals surface area contributed by atoms with E-state index in [-0.39, 0.29) is 11.9 Å². The molecule has 0 saturated heterocycles. The van der Waals surface area contributed by atoms with Crippen LogP contribution in [0.25, 0.3) is 0 Å². The highest BCUT2D eigenvalue weighted by Gasteiger charge is 2.08. The largest absolute Gasteiger partial charge is 0.382 e. The first-order valence-corrected chi connectivity index (χ1v) is 6.20. The third-order valence-corrected chi connectivity index (χ3v) is 3.35. The van der Waals surface area contributed by atoms with Crippen LogP contribution in [0.2, 0.25) is 0 Å². The van der Waals surface area contributed by atoms with E-state index in [0.29, 0.717) is 12.8 Å². The van der Waals surface area contributed by atoms with E-state index in [9.17, 15) is 4.79 Å². The quantitative estimate of drug-likeness (QED) is 0.801. The predicted molar refractivity (Wildman–Crippen MR) is 68.6 cm³/mol. The van der Waals surface area contributed by atoms with Gasteiger partial charge in [-0.05, 0) is 25.0 Å². The second-order valence-electron chi connectivity index (χ2n) is 3.89. The van der Waals surface area contributed by atoms with Crippen molar-refractivity contribution < 1.29 is 9.53 Å². The summed E-state index contributed by atoms with van der Waals surface area (Å²) in [7, 11) is 1.67. The van der Waals surface area contributed by atoms with Crippen molar-refractivity contribution in [2.45, 2.75) is 32.3 Å². The Balaban J connectivity index is 2.43. The van der Waals surface area contributed by atoms with Crippen molar-refractivity contribution in [3.8, 4) is 0 Å². The zero-order valence-electron chi connectivity index (χ0n) is 9.70. The molecule has 1 aromatic rings. The van der Waals surface area contributed by atoms with Gasteiger partial charge in [-0.3, -0.25) is 4.79 Å². The lowest BCUT2D eigenvalue weighted by Gasteiger charge is -2.08. The zero-order valence-corrected chi connectivity index (χ0v) is 11.3. The van der Waals surface area contributed by atoms with Gasteiger partial charge in [-0.1, -0.05) is 34.1 Å². The number of halogens is 1. The molecule has 0 heterocycles. The number of rotatable bonds is 6. The first-order chi connectivity index (χ1) is 7.63. The first kappa shape index (κ1) is 13.4. The number of carbonyl (C=O) groups excluding carboxylic acids is 1. The molecule has 0 aliphatic carbocycles. The monoisotopic (exact) mass is 284 g/mol. The third kappa shape index (κ3) is 4.45. The Morgan fingerprint density at radius 2 is 2.12 bits per heavy atom. The van der Waals surface area contributed by atoms with Crippen LogP contribution in [0.3, 0.4) is 0 Å². The van der Waals surface area contributed by atoms with Crippen LogP contribution in [0.15, 0.2) is 28.7 Å². The molecule has 0 aliphatic heterocycles. The zero-order chi connectivity index (χ0) is 12.0. The van der Waals surface area contributed by atoms with Crippen LogP contribution in [-0.4, -0.2) is 19.0 Å². The predicted octanol–water partition coefficient (Wildman–Crippen LogP) is 3.38. The third-order valence-electron chi connectivity index (χ3n) is 2.58. The maximum Gasteiger partial charge on any atom is 0.137 e. The average molecular weight is 285 g/mol. The van der Waals surface area contributed by atoms with Crippen molar-refractivity contribution in [2.75, 3.05) is 7.11 Å². The molecule has 2 nitrogen and oxygen atoms in total. The number of ether oxygens (including phenoxy) is 1. The van der Waals surface area contributed by atoms with Gasteiger partial charge < -0.3 is 4.74 Å². The topological polar surface area (TPSA) is 26.3 Å². The van der Waals surface area contributed by atoms with Crippen LogP contribution in [0.1, 0.15) is 25.3 Å². The van der Waals surface area contributed by atoms with E-state index in [1.54, 1.807) is 7.11 Å². The molecule has 0 fully saturated rings. The van der Waals surface area contributed by atoms with Crippen molar-refractivity contribution in [3.05, 3.63) is 34.3 Å². The molecule has 1 unspecified atom stereocenters. The van der Waals surface area contributed by atoms with Gasteiger partial charge in [0, 0.05) is 24.4 Å². The fraction of sp³-hybridized carbons (Fsp3) is 0.462. The van der Waals surface area contributed by atoms with Crippen molar-refractivity contribution in [1.29, 1.82) is 0 Å². The molecular formula is C13H17BrO2. The van der Waals surface area contributed by atoms with Gasteiger partial charge in [-0.15, -0.1) is 0 Å². The van der Waals surface area contributed by atoms with E-state index >= 15 is 0 Å². The minimum Gasteiger partial charge on any atom is -0.382 e. The van der Waals surface area contributed by atoms with Gasteiger partial charge in [-0.2, -0.15) is 0 Å². The van der Waals surface area contributed by atoms with E-state index in [1.165, 1.54) is 0 Å². The van der Waals surface area contributed by atoms with Crippen molar-refractivity contribution in [1.82, 2.24) is 0 Å². The van der Waals surface area contributed by atoms with Crippen LogP contribution in [0.4, 0.5) is 0 Å². The molecule has 0 aromatic heterocycles. The Labute approximate surface area is 105 Å². The summed E-state index contributed by atoms with van der Waals surface area (Å²) in [6.07, 6.45) is 2.02. The second kappa shape index (κ2) is 6.81. The van der Waals surface area contributed by atoms with Gasteiger partial charge in [0.25, 0.3) is 0 Å². The van der Waals surface area contributed by atoms with Crippen molar-refractivity contribution in [3.63, 3.8) is 0 Å². The van der Waals surface area contributed by atoms with Crippen LogP contribution < -0.4 is 0 Å². The molecule has 0 aliphatic rings. The maximum absolute atomic E-state index is 11.7. The molecule has 16 heavy (non-hydrogen) atoms. The smallest absolute Gasteiger partial charge is 0.137 e. The molecule has 0 saturated carbocycles. The van der Waals surface area contributed by atoms with E-state index in [1.807, 2.05) is 31.2 Å². The lowest BCUT2D eigenvalue weighted by molar-refractivity contribution is -0.119. The molecule has 1 aromatic carbocycles. The number of hydrogen-bond acceptors (Lipinski definition) is 2. The number of carbonyl (C=O) groups is 1. The molecule has 88 valence electrons. The van der Waals surface area contributed by atoms with Gasteiger partial charge in [0.15, 0.2) is 0 Å². The van der Waals surface area contributed by atoms with Crippen LogP contribution in [-0.2, 0) is 16.0 Å². The summed E-state index contributed by atoms with van der Waals surface area (Å²) in [5.41, 5.74) is 1.05. The number of hydrogen-bond donors (Lipinski definition) is 0. The van der Waals surface area contributed by atoms with E-state index < -0.39 is 0 Å². The van der Waals surface area contributed by atoms with Gasteiger partial charge in [0.1, 0.15) is 5.78 Å². The lowest BCUT2D eigenvalue weighted by atomic mass is 10.0. The Bertz CT molecular complexity index is 350. The number of Topliss-reactive ketones (excluding diaryl/α,β-unsaturated/α-hetero) is 1. The second-order valence-corrected chi connectivity index (χ2v) is 4.75. The summed E-state index contributed by atoms with van der Waals surface area (Å²) in [4.78, 5) is 11.7. The number of ketones is 1. The van der Waals surface area contributed by atoms with E-state index in [0.717, 1.165) is 16.5 Å². The van der Waals surface area contributed by atoms with Gasteiger partial charge in [0.2, 0.25) is 0 Å². The summed E-state index contributed by atoms with van der Waals surface area (Å²) < 4.78 is 6.12. The standard InChI is InChI=1S/C13H17BrO2/c1-10(16-2)7-8-12(15)9-11-5-3-4-6-13(11)14/h3-6,10H,7-9H2,1-2H3. The molecule has 0 radical (unpaired) electrons. The fourth-order valence-corrected chi connectivity index (χ4v) is 1.85. The Morgan fingerprint density at radius 3 is 2.75 bits per heavy atom. The first-order valence-electron chi connectivity index (χ1n) is 5.41. The molecule has 3 heteroatoms. The number of methoxy groups -OCH3 is 1. The summed E-state index contributed by atoms with van der Waals surface area (Å²) in [5.74, 6) is 0.260. The minimum atomic E-state index is 0.156. The molecule has 0 amide bonds. The summed E-state index contributed by atoms with van der Waals surface area (Å²) >= 11 is 3.44. The van der Waals surface area contributed by atoms with Crippen molar-refractivity contribution in [2.24, 2.45) is 0 Å². The van der Waals surface area contributed by atoms with E-state index in [2.05, 4.69) is 15.9 Å². The molecule has 0 spiro atoms. The maximum atomic E-state index is 11.7. The highest BCUT2D eigenvalue weighted by Crippen LogP contribution is 2.17. The number of benzene rings is 1. The molecule has 0 N–H and O–H groups in total. The van der Waals surface area contributed by atoms with Crippen molar-refractivity contribution >= 4 is 21.7 Å². The normalized spacial score (nSPS) is 12.4. The minimum absolute atomic E-state index is 0.156. The van der Waals surface area contributed by atoms with E-state index in [4.69, 9.17) is 4.74 Å². The Kier molecular flexibility index (Phi) is 5.71. The highest BCUT2D eigenvalue weighted by molar-refractivity contribution is 9.10. The summed E-state index contributed by atoms with van der Waals surface area (Å²) in [6.45, 7) is 1.98. The Hall–Kier alpha value is -0.670. The Morgan fingerprint density at radius 1 is 1.44 bits per heavy atom. The summed E-state index contributed by atoms with van der Waals surface area (Å²) in [5, 5.41) is 0. The summed E-state index contributed by atoms with van der Waals surface area (Å²) in [6, 6.07) is 7.83. The molecular weight excluding hydrogens is 268 g/mol. The van der Waals surface area contributed by atoms with Crippen LogP contribution >= 0.6 is 15.9 Å². The van der Waals surface area contributed by atoms with Crippen LogP contribution in [0, 0.1) is 0 Å². The highest BCUT2D eigenvalue weighted by atomic mass is 79.9. The van der Waals surface area contributed by atoms with Gasteiger partial charge in [-0.25, -0.2) is 0 Å². The molecule has 1 rings (SSSR count). The van der Waals surface area contributed by atoms with Crippen LogP contribution in [0.5, 0.6) is 0 Å². The molecule has 1 atom stereocenters.